The third-order valence-electron chi connectivity index (χ3n) is 2.12. The van der Waals surface area contributed by atoms with Gasteiger partial charge in [-0.25, -0.2) is 0 Å². The topological polar surface area (TPSA) is 38.3 Å². The number of hydrogen-bond acceptors (Lipinski definition) is 2. The van der Waals surface area contributed by atoms with Gasteiger partial charge in [-0.05, 0) is 37.1 Å². The Morgan fingerprint density at radius 1 is 1.44 bits per heavy atom. The summed E-state index contributed by atoms with van der Waals surface area (Å²) in [4.78, 5) is 11.7. The molecule has 1 rings (SSSR count). The molecule has 0 saturated carbocycles. The van der Waals surface area contributed by atoms with E-state index in [4.69, 9.17) is 4.74 Å². The molecule has 0 bridgehead atoms. The Hall–Kier alpha value is -0.870. The summed E-state index contributed by atoms with van der Waals surface area (Å²) >= 11 is 3.37. The number of amides is 1. The molecule has 0 aromatic heterocycles. The lowest BCUT2D eigenvalue weighted by Gasteiger charge is -2.06. The highest BCUT2D eigenvalue weighted by Crippen LogP contribution is 2.15. The van der Waals surface area contributed by atoms with E-state index in [1.165, 1.54) is 0 Å². The molecule has 0 aliphatic carbocycles. The molecule has 1 N–H and O–H groups in total. The summed E-state index contributed by atoms with van der Waals surface area (Å²) < 4.78 is 5.83. The highest BCUT2D eigenvalue weighted by Gasteiger charge is 2.05. The number of carbonyl (C=O) groups excluding carboxylic acids is 1. The molecule has 0 spiro atoms. The van der Waals surface area contributed by atoms with Crippen LogP contribution in [0.3, 0.4) is 0 Å². The van der Waals surface area contributed by atoms with E-state index in [2.05, 4.69) is 21.2 Å². The van der Waals surface area contributed by atoms with Crippen LogP contribution in [0.5, 0.6) is 0 Å². The second-order valence-corrected chi connectivity index (χ2v) is 4.54. The summed E-state index contributed by atoms with van der Waals surface area (Å²) in [5, 5.41) is 2.85. The van der Waals surface area contributed by atoms with Gasteiger partial charge in [-0.3, -0.25) is 4.79 Å². The van der Waals surface area contributed by atoms with Crippen LogP contribution in [0.25, 0.3) is 0 Å². The highest BCUT2D eigenvalue weighted by molar-refractivity contribution is 9.10. The zero-order chi connectivity index (χ0) is 12.0. The molecule has 1 aromatic carbocycles. The van der Waals surface area contributed by atoms with Gasteiger partial charge in [0.2, 0.25) is 0 Å². The number of nitrogens with one attached hydrogen (secondary N) is 1. The van der Waals surface area contributed by atoms with Crippen molar-refractivity contribution in [2.24, 2.45) is 0 Å². The summed E-state index contributed by atoms with van der Waals surface area (Å²) in [7, 11) is 1.65. The van der Waals surface area contributed by atoms with E-state index in [0.717, 1.165) is 16.5 Å². The average Bonchev–Trinajstić information content (AvgIpc) is 2.22. The van der Waals surface area contributed by atoms with E-state index in [9.17, 15) is 4.79 Å². The van der Waals surface area contributed by atoms with Gasteiger partial charge in [0.05, 0.1) is 0 Å². The smallest absolute Gasteiger partial charge is 0.251 e. The minimum atomic E-state index is -0.0412. The van der Waals surface area contributed by atoms with Gasteiger partial charge in [-0.2, -0.15) is 0 Å². The Bertz CT molecular complexity index is 346. The Kier molecular flexibility index (Phi) is 5.49. The van der Waals surface area contributed by atoms with Crippen molar-refractivity contribution in [1.29, 1.82) is 0 Å². The maximum Gasteiger partial charge on any atom is 0.251 e. The average molecular weight is 286 g/mol. The lowest BCUT2D eigenvalue weighted by atomic mass is 10.1. The van der Waals surface area contributed by atoms with Gasteiger partial charge < -0.3 is 10.1 Å². The van der Waals surface area contributed by atoms with Crippen LogP contribution in [-0.2, 0) is 4.74 Å². The Balaban J connectivity index is 2.52. The molecule has 0 atom stereocenters. The summed E-state index contributed by atoms with van der Waals surface area (Å²) in [5.41, 5.74) is 1.75. The van der Waals surface area contributed by atoms with Gasteiger partial charge >= 0.3 is 0 Å². The van der Waals surface area contributed by atoms with Crippen molar-refractivity contribution in [2.75, 3.05) is 20.3 Å². The molecule has 1 amide bonds. The van der Waals surface area contributed by atoms with Gasteiger partial charge in [0.1, 0.15) is 0 Å². The summed E-state index contributed by atoms with van der Waals surface area (Å²) in [6, 6.07) is 5.66. The standard InChI is InChI=1S/C12H16BrNO2/c1-9-6-10(8-11(13)7-9)12(15)14-4-3-5-16-2/h6-8H,3-5H2,1-2H3,(H,14,15). The zero-order valence-electron chi connectivity index (χ0n) is 9.55. The normalized spacial score (nSPS) is 10.2. The molecule has 0 saturated heterocycles. The molecule has 0 fully saturated rings. The second-order valence-electron chi connectivity index (χ2n) is 3.62. The minimum Gasteiger partial charge on any atom is -0.385 e. The van der Waals surface area contributed by atoms with Gasteiger partial charge in [0, 0.05) is 30.3 Å². The van der Waals surface area contributed by atoms with Gasteiger partial charge in [0.15, 0.2) is 0 Å². The third-order valence-corrected chi connectivity index (χ3v) is 2.57. The van der Waals surface area contributed by atoms with Crippen molar-refractivity contribution in [1.82, 2.24) is 5.32 Å². The van der Waals surface area contributed by atoms with E-state index >= 15 is 0 Å². The van der Waals surface area contributed by atoms with Crippen molar-refractivity contribution in [2.45, 2.75) is 13.3 Å². The zero-order valence-corrected chi connectivity index (χ0v) is 11.1. The lowest BCUT2D eigenvalue weighted by molar-refractivity contribution is 0.0948. The molecule has 0 radical (unpaired) electrons. The summed E-state index contributed by atoms with van der Waals surface area (Å²) in [5.74, 6) is -0.0412. The van der Waals surface area contributed by atoms with Crippen LogP contribution in [0.4, 0.5) is 0 Å². The number of benzene rings is 1. The van der Waals surface area contributed by atoms with Crippen molar-refractivity contribution in [3.05, 3.63) is 33.8 Å². The van der Waals surface area contributed by atoms with Gasteiger partial charge in [0.25, 0.3) is 5.91 Å². The predicted molar refractivity (Wildman–Crippen MR) is 67.7 cm³/mol. The number of ether oxygens (including phenoxy) is 1. The molecular formula is C12H16BrNO2. The van der Waals surface area contributed by atoms with E-state index < -0.39 is 0 Å². The third kappa shape index (κ3) is 4.33. The molecule has 16 heavy (non-hydrogen) atoms. The number of hydrogen-bond donors (Lipinski definition) is 1. The number of aryl methyl sites for hydroxylation is 1. The molecule has 0 aliphatic heterocycles. The van der Waals surface area contributed by atoms with Crippen LogP contribution < -0.4 is 5.32 Å². The lowest BCUT2D eigenvalue weighted by Crippen LogP contribution is -2.25. The predicted octanol–water partition coefficient (Wildman–Crippen LogP) is 2.52. The van der Waals surface area contributed by atoms with E-state index in [0.29, 0.717) is 18.7 Å². The monoisotopic (exact) mass is 285 g/mol. The molecule has 0 heterocycles. The largest absolute Gasteiger partial charge is 0.385 e. The van der Waals surface area contributed by atoms with Crippen LogP contribution in [-0.4, -0.2) is 26.2 Å². The summed E-state index contributed by atoms with van der Waals surface area (Å²) in [6.07, 6.45) is 0.829. The molecule has 88 valence electrons. The Morgan fingerprint density at radius 2 is 2.19 bits per heavy atom. The van der Waals surface area contributed by atoms with Crippen molar-refractivity contribution in [3.63, 3.8) is 0 Å². The SMILES string of the molecule is COCCCNC(=O)c1cc(C)cc(Br)c1. The van der Waals surface area contributed by atoms with Gasteiger partial charge in [-0.1, -0.05) is 15.9 Å². The molecule has 3 nitrogen and oxygen atoms in total. The number of methoxy groups -OCH3 is 1. The maximum atomic E-state index is 11.7. The van der Waals surface area contributed by atoms with E-state index in [-0.39, 0.29) is 5.91 Å². The fraction of sp³-hybridized carbons (Fsp3) is 0.417. The van der Waals surface area contributed by atoms with Crippen molar-refractivity contribution < 1.29 is 9.53 Å². The van der Waals surface area contributed by atoms with Crippen LogP contribution in [0.2, 0.25) is 0 Å². The highest BCUT2D eigenvalue weighted by atomic mass is 79.9. The molecule has 1 aromatic rings. The number of halogens is 1. The quantitative estimate of drug-likeness (QED) is 0.845. The first-order chi connectivity index (χ1) is 7.63. The number of carbonyl (C=O) groups is 1. The Labute approximate surface area is 104 Å². The van der Waals surface area contributed by atoms with Crippen LogP contribution in [0.15, 0.2) is 22.7 Å². The first-order valence-corrected chi connectivity index (χ1v) is 5.97. The number of rotatable bonds is 5. The minimum absolute atomic E-state index is 0.0412. The maximum absolute atomic E-state index is 11.7. The molecule has 0 aliphatic rings. The molecular weight excluding hydrogens is 270 g/mol. The van der Waals surface area contributed by atoms with Crippen molar-refractivity contribution >= 4 is 21.8 Å². The van der Waals surface area contributed by atoms with Crippen LogP contribution in [0, 0.1) is 6.92 Å². The Morgan fingerprint density at radius 3 is 2.81 bits per heavy atom. The van der Waals surface area contributed by atoms with E-state index in [1.807, 2.05) is 25.1 Å². The van der Waals surface area contributed by atoms with Crippen molar-refractivity contribution in [3.8, 4) is 0 Å². The molecule has 0 unspecified atom stereocenters. The first-order valence-electron chi connectivity index (χ1n) is 5.18. The first kappa shape index (κ1) is 13.2. The van der Waals surface area contributed by atoms with Gasteiger partial charge in [-0.15, -0.1) is 0 Å². The fourth-order valence-electron chi connectivity index (χ4n) is 1.39. The summed E-state index contributed by atoms with van der Waals surface area (Å²) in [6.45, 7) is 3.27. The second kappa shape index (κ2) is 6.66. The fourth-order valence-corrected chi connectivity index (χ4v) is 2.00. The van der Waals surface area contributed by atoms with Crippen LogP contribution in [0.1, 0.15) is 22.3 Å². The van der Waals surface area contributed by atoms with E-state index in [1.54, 1.807) is 7.11 Å². The van der Waals surface area contributed by atoms with Crippen LogP contribution >= 0.6 is 15.9 Å². The molecule has 4 heteroatoms.